The van der Waals surface area contributed by atoms with Gasteiger partial charge in [0.25, 0.3) is 0 Å². The van der Waals surface area contributed by atoms with Crippen LogP contribution in [0.15, 0.2) is 30.3 Å². The molecule has 4 rings (SSSR count). The third-order valence-electron chi connectivity index (χ3n) is 8.06. The predicted octanol–water partition coefficient (Wildman–Crippen LogP) is 6.83. The third-order valence-corrected chi connectivity index (χ3v) is 8.06. The van der Waals surface area contributed by atoms with Gasteiger partial charge >= 0.3 is 18.2 Å². The van der Waals surface area contributed by atoms with Gasteiger partial charge in [-0.2, -0.15) is 13.2 Å². The summed E-state index contributed by atoms with van der Waals surface area (Å²) in [6.07, 6.45) is -4.68. The van der Waals surface area contributed by atoms with Crippen LogP contribution in [-0.2, 0) is 15.9 Å². The van der Waals surface area contributed by atoms with E-state index in [1.807, 2.05) is 4.90 Å². The number of ether oxygens (including phenoxy) is 2. The number of anilines is 1. The number of alkyl halides is 4. The molecule has 13 heteroatoms. The quantitative estimate of drug-likeness (QED) is 0.232. The minimum absolute atomic E-state index is 0.0983. The van der Waals surface area contributed by atoms with Crippen LogP contribution in [0.3, 0.4) is 0 Å². The number of esters is 1. The minimum atomic E-state index is -4.67. The first kappa shape index (κ1) is 34.6. The fraction of sp³-hybridized carbons (Fsp3) is 0.562. The van der Waals surface area contributed by atoms with Gasteiger partial charge in [0.2, 0.25) is 0 Å². The van der Waals surface area contributed by atoms with Gasteiger partial charge in [0.05, 0.1) is 43.7 Å². The number of halogens is 6. The molecule has 2 aliphatic heterocycles. The number of rotatable bonds is 8. The number of carbonyl (C=O) groups is 2. The second-order valence-corrected chi connectivity index (χ2v) is 12.6. The second-order valence-electron chi connectivity index (χ2n) is 12.6. The van der Waals surface area contributed by atoms with Crippen LogP contribution < -0.4 is 4.90 Å². The van der Waals surface area contributed by atoms with E-state index in [2.05, 4.69) is 0 Å². The summed E-state index contributed by atoms with van der Waals surface area (Å²) in [4.78, 5) is 29.7. The van der Waals surface area contributed by atoms with Crippen molar-refractivity contribution in [2.24, 2.45) is 0 Å². The molecule has 0 unspecified atom stereocenters. The molecule has 2 heterocycles. The normalized spacial score (nSPS) is 21.0. The first-order chi connectivity index (χ1) is 21.0. The van der Waals surface area contributed by atoms with E-state index in [0.29, 0.717) is 38.0 Å². The van der Waals surface area contributed by atoms with Gasteiger partial charge in [-0.25, -0.2) is 18.4 Å². The predicted molar refractivity (Wildman–Crippen MR) is 156 cm³/mol. The molecule has 3 atom stereocenters. The maximum atomic E-state index is 16.2. The summed E-state index contributed by atoms with van der Waals surface area (Å²) >= 11 is 0. The first-order valence-electron chi connectivity index (χ1n) is 14.9. The standard InChI is InChI=1S/C32H39F6N3O4/c1-19-13-21-14-20(29(42)44-5)7-8-24(21)28(40(19)18-32(36,37)38)27-25(34)15-23(16-26(27)35)41(30(43)45-31(2,3)4)22-9-12-39(17-22)11-6-10-33/h7-8,14-16,19,22,28H,6,9-13,17-18H2,1-5H3/t19-,22+,28+/m1/s1. The van der Waals surface area contributed by atoms with Gasteiger partial charge in [-0.1, -0.05) is 6.07 Å². The molecule has 0 aliphatic carbocycles. The summed E-state index contributed by atoms with van der Waals surface area (Å²) in [5.74, 6) is -2.93. The van der Waals surface area contributed by atoms with Crippen LogP contribution in [0.25, 0.3) is 0 Å². The van der Waals surface area contributed by atoms with Crippen molar-refractivity contribution in [1.29, 1.82) is 0 Å². The fourth-order valence-electron chi connectivity index (χ4n) is 6.20. The average molecular weight is 644 g/mol. The van der Waals surface area contributed by atoms with E-state index in [1.54, 1.807) is 20.8 Å². The van der Waals surface area contributed by atoms with Crippen LogP contribution in [-0.4, -0.2) is 85.7 Å². The lowest BCUT2D eigenvalue weighted by Crippen LogP contribution is -2.48. The number of amides is 1. The van der Waals surface area contributed by atoms with Crippen molar-refractivity contribution in [2.45, 2.75) is 76.9 Å². The molecule has 7 nitrogen and oxygen atoms in total. The molecule has 0 N–H and O–H groups in total. The van der Waals surface area contributed by atoms with Gasteiger partial charge in [-0.15, -0.1) is 0 Å². The Bertz CT molecular complexity index is 1370. The molecule has 0 bridgehead atoms. The Morgan fingerprint density at radius 2 is 1.73 bits per heavy atom. The molecule has 2 aliphatic rings. The van der Waals surface area contributed by atoms with Crippen molar-refractivity contribution < 1.29 is 45.4 Å². The summed E-state index contributed by atoms with van der Waals surface area (Å²) in [5.41, 5.74) is -0.838. The lowest BCUT2D eigenvalue weighted by Gasteiger charge is -2.43. The molecule has 2 aromatic carbocycles. The first-order valence-corrected chi connectivity index (χ1v) is 14.9. The lowest BCUT2D eigenvalue weighted by molar-refractivity contribution is -0.155. The Morgan fingerprint density at radius 3 is 2.31 bits per heavy atom. The van der Waals surface area contributed by atoms with Crippen LogP contribution in [0.5, 0.6) is 0 Å². The lowest BCUT2D eigenvalue weighted by atomic mass is 9.83. The number of methoxy groups -OCH3 is 1. The van der Waals surface area contributed by atoms with Gasteiger partial charge < -0.3 is 14.4 Å². The zero-order valence-corrected chi connectivity index (χ0v) is 26.0. The molecule has 0 aromatic heterocycles. The summed E-state index contributed by atoms with van der Waals surface area (Å²) in [5, 5.41) is 0. The SMILES string of the molecule is COC(=O)c1ccc2c(c1)C[C@@H](C)N(CC(F)(F)F)[C@@H]2c1c(F)cc(N(C(=O)OC(C)(C)C)[C@H]2CCN(CCCF)C2)cc1F. The highest BCUT2D eigenvalue weighted by molar-refractivity contribution is 5.90. The van der Waals surface area contributed by atoms with Crippen molar-refractivity contribution in [2.75, 3.05) is 44.9 Å². The maximum Gasteiger partial charge on any atom is 0.415 e. The van der Waals surface area contributed by atoms with E-state index in [1.165, 1.54) is 37.1 Å². The van der Waals surface area contributed by atoms with E-state index in [0.717, 1.165) is 17.0 Å². The Kier molecular flexibility index (Phi) is 10.4. The number of hydrogen-bond acceptors (Lipinski definition) is 6. The Hall–Kier alpha value is -3.32. The zero-order chi connectivity index (χ0) is 33.3. The van der Waals surface area contributed by atoms with Crippen molar-refractivity contribution in [3.05, 3.63) is 64.2 Å². The molecule has 0 spiro atoms. The van der Waals surface area contributed by atoms with Gasteiger partial charge in [0, 0.05) is 31.2 Å². The number of fused-ring (bicyclic) bond motifs is 1. The second kappa shape index (κ2) is 13.6. The summed E-state index contributed by atoms with van der Waals surface area (Å²) in [7, 11) is 1.19. The molecule has 1 fully saturated rings. The average Bonchev–Trinajstić information content (AvgIpc) is 3.38. The van der Waals surface area contributed by atoms with Crippen molar-refractivity contribution in [3.63, 3.8) is 0 Å². The molecule has 248 valence electrons. The third kappa shape index (κ3) is 8.10. The van der Waals surface area contributed by atoms with E-state index in [9.17, 15) is 27.2 Å². The van der Waals surface area contributed by atoms with Crippen LogP contribution in [0.2, 0.25) is 0 Å². The van der Waals surface area contributed by atoms with Gasteiger partial charge in [-0.3, -0.25) is 14.2 Å². The van der Waals surface area contributed by atoms with Gasteiger partial charge in [0.1, 0.15) is 17.2 Å². The fourth-order valence-corrected chi connectivity index (χ4v) is 6.20. The highest BCUT2D eigenvalue weighted by Gasteiger charge is 2.43. The van der Waals surface area contributed by atoms with E-state index < -0.39 is 72.4 Å². The van der Waals surface area contributed by atoms with E-state index in [4.69, 9.17) is 9.47 Å². The molecule has 2 aromatic rings. The Labute approximate surface area is 259 Å². The van der Waals surface area contributed by atoms with Crippen LogP contribution >= 0.6 is 0 Å². The molecule has 45 heavy (non-hydrogen) atoms. The van der Waals surface area contributed by atoms with E-state index >= 15 is 8.78 Å². The highest BCUT2D eigenvalue weighted by atomic mass is 19.4. The molecular formula is C32H39F6N3O4. The summed E-state index contributed by atoms with van der Waals surface area (Å²) in [6.45, 7) is 5.84. The smallest absolute Gasteiger partial charge is 0.415 e. The monoisotopic (exact) mass is 643 g/mol. The number of nitrogens with zero attached hydrogens (tertiary/aromatic N) is 3. The molecule has 1 saturated heterocycles. The van der Waals surface area contributed by atoms with Crippen molar-refractivity contribution in [1.82, 2.24) is 9.80 Å². The van der Waals surface area contributed by atoms with E-state index in [-0.39, 0.29) is 23.2 Å². The number of benzene rings is 2. The molecule has 1 amide bonds. The largest absolute Gasteiger partial charge is 0.465 e. The molecular weight excluding hydrogens is 604 g/mol. The zero-order valence-electron chi connectivity index (χ0n) is 26.0. The van der Waals surface area contributed by atoms with Crippen LogP contribution in [0.4, 0.5) is 36.8 Å². The van der Waals surface area contributed by atoms with Crippen molar-refractivity contribution in [3.8, 4) is 0 Å². The maximum absolute atomic E-state index is 16.2. The number of likely N-dealkylation sites (tertiary alicyclic amines) is 1. The minimum Gasteiger partial charge on any atom is -0.465 e. The number of carbonyl (C=O) groups excluding carboxylic acids is 2. The highest BCUT2D eigenvalue weighted by Crippen LogP contribution is 2.43. The molecule has 0 saturated carbocycles. The summed E-state index contributed by atoms with van der Waals surface area (Å²) < 4.78 is 97.0. The van der Waals surface area contributed by atoms with Gasteiger partial charge in [0.15, 0.2) is 0 Å². The number of hydrogen-bond donors (Lipinski definition) is 0. The van der Waals surface area contributed by atoms with Crippen molar-refractivity contribution >= 4 is 17.7 Å². The van der Waals surface area contributed by atoms with Crippen LogP contribution in [0.1, 0.15) is 73.6 Å². The topological polar surface area (TPSA) is 62.3 Å². The Morgan fingerprint density at radius 1 is 1.07 bits per heavy atom. The Balaban J connectivity index is 1.81. The molecule has 0 radical (unpaired) electrons. The van der Waals surface area contributed by atoms with Crippen LogP contribution in [0, 0.1) is 11.6 Å². The van der Waals surface area contributed by atoms with Gasteiger partial charge in [-0.05, 0) is 82.3 Å². The summed E-state index contributed by atoms with van der Waals surface area (Å²) in [6, 6.07) is 3.28.